The molecule has 0 saturated carbocycles. The van der Waals surface area contributed by atoms with Gasteiger partial charge in [-0.05, 0) is 6.07 Å². The van der Waals surface area contributed by atoms with Crippen molar-refractivity contribution in [1.82, 2.24) is 4.98 Å². The molecule has 0 unspecified atom stereocenters. The minimum absolute atomic E-state index is 0.0296. The molecule has 0 saturated heterocycles. The van der Waals surface area contributed by atoms with E-state index in [0.717, 1.165) is 0 Å². The molecule has 0 aliphatic heterocycles. The summed E-state index contributed by atoms with van der Waals surface area (Å²) in [6.45, 7) is 0. The molecule has 2 aromatic rings. The van der Waals surface area contributed by atoms with Gasteiger partial charge >= 0.3 is 0 Å². The summed E-state index contributed by atoms with van der Waals surface area (Å²) >= 11 is 11.0. The highest BCUT2D eigenvalue weighted by molar-refractivity contribution is 6.31. The Morgan fingerprint density at radius 1 is 1.46 bits per heavy atom. The van der Waals surface area contributed by atoms with Gasteiger partial charge in [-0.15, -0.1) is 11.6 Å². The highest BCUT2D eigenvalue weighted by Crippen LogP contribution is 2.23. The maximum atomic E-state index is 12.9. The number of aromatic nitrogens is 1. The third kappa shape index (κ3) is 1.49. The van der Waals surface area contributed by atoms with E-state index in [4.69, 9.17) is 27.6 Å². The second kappa shape index (κ2) is 3.16. The van der Waals surface area contributed by atoms with Gasteiger partial charge < -0.3 is 4.42 Å². The van der Waals surface area contributed by atoms with E-state index in [1.54, 1.807) is 0 Å². The van der Waals surface area contributed by atoms with Crippen molar-refractivity contribution in [2.24, 2.45) is 0 Å². The molecular formula is C8H4Cl2FNO. The number of hydrogen-bond donors (Lipinski definition) is 0. The first-order chi connectivity index (χ1) is 6.20. The molecule has 0 aliphatic carbocycles. The van der Waals surface area contributed by atoms with Gasteiger partial charge in [-0.2, -0.15) is 0 Å². The van der Waals surface area contributed by atoms with E-state index >= 15 is 0 Å². The zero-order chi connectivity index (χ0) is 9.42. The smallest absolute Gasteiger partial charge is 0.210 e. The number of fused-ring (bicyclic) bond motifs is 1. The Labute approximate surface area is 83.3 Å². The first-order valence-electron chi connectivity index (χ1n) is 3.51. The average Bonchev–Trinajstić information content (AvgIpc) is 2.48. The Balaban J connectivity index is 2.70. The van der Waals surface area contributed by atoms with Crippen LogP contribution in [0, 0.1) is 5.82 Å². The molecule has 0 bridgehead atoms. The SMILES string of the molecule is Fc1cc2oc(CCl)nc2cc1Cl. The molecule has 13 heavy (non-hydrogen) atoms. The minimum Gasteiger partial charge on any atom is -0.439 e. The minimum atomic E-state index is -0.522. The maximum Gasteiger partial charge on any atom is 0.210 e. The van der Waals surface area contributed by atoms with Crippen LogP contribution in [-0.2, 0) is 5.88 Å². The predicted octanol–water partition coefficient (Wildman–Crippen LogP) is 3.36. The van der Waals surface area contributed by atoms with Gasteiger partial charge in [-0.3, -0.25) is 0 Å². The van der Waals surface area contributed by atoms with Crippen LogP contribution in [0.3, 0.4) is 0 Å². The average molecular weight is 220 g/mol. The third-order valence-corrected chi connectivity index (χ3v) is 2.11. The first-order valence-corrected chi connectivity index (χ1v) is 4.42. The predicted molar refractivity (Wildman–Crippen MR) is 48.5 cm³/mol. The van der Waals surface area contributed by atoms with Crippen LogP contribution in [0.15, 0.2) is 16.5 Å². The molecule has 2 nitrogen and oxygen atoms in total. The second-order valence-electron chi connectivity index (χ2n) is 2.48. The molecule has 68 valence electrons. The lowest BCUT2D eigenvalue weighted by Crippen LogP contribution is -1.76. The lowest BCUT2D eigenvalue weighted by Gasteiger charge is -1.90. The number of oxazole rings is 1. The van der Waals surface area contributed by atoms with Crippen molar-refractivity contribution >= 4 is 34.3 Å². The van der Waals surface area contributed by atoms with Crippen LogP contribution < -0.4 is 0 Å². The fourth-order valence-corrected chi connectivity index (χ4v) is 1.30. The quantitative estimate of drug-likeness (QED) is 0.688. The Kier molecular flexibility index (Phi) is 2.14. The van der Waals surface area contributed by atoms with Gasteiger partial charge in [0, 0.05) is 6.07 Å². The zero-order valence-corrected chi connectivity index (χ0v) is 7.86. The van der Waals surface area contributed by atoms with E-state index in [0.29, 0.717) is 17.0 Å². The van der Waals surface area contributed by atoms with Crippen LogP contribution in [0.2, 0.25) is 5.02 Å². The van der Waals surface area contributed by atoms with E-state index < -0.39 is 5.82 Å². The Hall–Kier alpha value is -0.800. The molecule has 1 heterocycles. The highest BCUT2D eigenvalue weighted by atomic mass is 35.5. The topological polar surface area (TPSA) is 26.0 Å². The zero-order valence-electron chi connectivity index (χ0n) is 6.35. The van der Waals surface area contributed by atoms with Gasteiger partial charge in [0.1, 0.15) is 11.3 Å². The van der Waals surface area contributed by atoms with Crippen molar-refractivity contribution in [2.75, 3.05) is 0 Å². The summed E-state index contributed by atoms with van der Waals surface area (Å²) in [5, 5.41) is 0.0296. The third-order valence-electron chi connectivity index (χ3n) is 1.59. The van der Waals surface area contributed by atoms with Crippen molar-refractivity contribution in [3.8, 4) is 0 Å². The summed E-state index contributed by atoms with van der Waals surface area (Å²) in [7, 11) is 0. The van der Waals surface area contributed by atoms with Gasteiger partial charge in [0.2, 0.25) is 5.89 Å². The Bertz CT molecular complexity index is 416. The standard InChI is InChI=1S/C8H4Cl2FNO/c9-3-8-12-6-1-4(10)5(11)2-7(6)13-8/h1-2H,3H2. The summed E-state index contributed by atoms with van der Waals surface area (Å²) in [6.07, 6.45) is 0. The largest absolute Gasteiger partial charge is 0.439 e. The maximum absolute atomic E-state index is 12.9. The number of halogens is 3. The van der Waals surface area contributed by atoms with Gasteiger partial charge in [0.25, 0.3) is 0 Å². The number of benzene rings is 1. The van der Waals surface area contributed by atoms with E-state index in [1.807, 2.05) is 0 Å². The summed E-state index contributed by atoms with van der Waals surface area (Å²) in [5.41, 5.74) is 0.875. The second-order valence-corrected chi connectivity index (χ2v) is 3.15. The summed E-state index contributed by atoms with van der Waals surface area (Å²) in [6, 6.07) is 2.60. The lowest BCUT2D eigenvalue weighted by atomic mass is 10.3. The number of hydrogen-bond acceptors (Lipinski definition) is 2. The molecule has 2 rings (SSSR count). The molecule has 0 fully saturated rings. The lowest BCUT2D eigenvalue weighted by molar-refractivity contribution is 0.550. The van der Waals surface area contributed by atoms with Crippen LogP contribution in [0.5, 0.6) is 0 Å². The fourth-order valence-electron chi connectivity index (χ4n) is 1.03. The van der Waals surface area contributed by atoms with Crippen LogP contribution in [-0.4, -0.2) is 4.98 Å². The number of nitrogens with zero attached hydrogens (tertiary/aromatic N) is 1. The van der Waals surface area contributed by atoms with Crippen molar-refractivity contribution in [1.29, 1.82) is 0 Å². The van der Waals surface area contributed by atoms with Crippen LogP contribution in [0.25, 0.3) is 11.1 Å². The van der Waals surface area contributed by atoms with E-state index in [2.05, 4.69) is 4.98 Å². The fraction of sp³-hybridized carbons (Fsp3) is 0.125. The molecule has 1 aromatic heterocycles. The first kappa shape index (κ1) is 8.78. The van der Waals surface area contributed by atoms with Gasteiger partial charge in [-0.1, -0.05) is 11.6 Å². The van der Waals surface area contributed by atoms with E-state index in [-0.39, 0.29) is 10.9 Å². The highest BCUT2D eigenvalue weighted by Gasteiger charge is 2.08. The van der Waals surface area contributed by atoms with Crippen molar-refractivity contribution in [3.63, 3.8) is 0 Å². The molecule has 0 radical (unpaired) electrons. The molecule has 0 amide bonds. The summed E-state index contributed by atoms with van der Waals surface area (Å²) in [4.78, 5) is 3.98. The number of alkyl halides is 1. The van der Waals surface area contributed by atoms with Gasteiger partial charge in [0.15, 0.2) is 5.58 Å². The number of rotatable bonds is 1. The van der Waals surface area contributed by atoms with Crippen LogP contribution in [0.1, 0.15) is 5.89 Å². The molecule has 5 heteroatoms. The van der Waals surface area contributed by atoms with Crippen molar-refractivity contribution in [2.45, 2.75) is 5.88 Å². The van der Waals surface area contributed by atoms with Crippen molar-refractivity contribution < 1.29 is 8.81 Å². The van der Waals surface area contributed by atoms with E-state index in [9.17, 15) is 4.39 Å². The molecular weight excluding hydrogens is 216 g/mol. The summed E-state index contributed by atoms with van der Waals surface area (Å²) < 4.78 is 18.0. The van der Waals surface area contributed by atoms with E-state index in [1.165, 1.54) is 12.1 Å². The monoisotopic (exact) mass is 219 g/mol. The van der Waals surface area contributed by atoms with Crippen LogP contribution >= 0.6 is 23.2 Å². The molecule has 0 N–H and O–H groups in total. The van der Waals surface area contributed by atoms with Crippen molar-refractivity contribution in [3.05, 3.63) is 28.9 Å². The Morgan fingerprint density at radius 3 is 2.92 bits per heavy atom. The Morgan fingerprint density at radius 2 is 2.23 bits per heavy atom. The molecule has 0 aliphatic rings. The van der Waals surface area contributed by atoms with Gasteiger partial charge in [-0.25, -0.2) is 9.37 Å². The summed E-state index contributed by atoms with van der Waals surface area (Å²) in [5.74, 6) is -0.00161. The molecule has 0 spiro atoms. The van der Waals surface area contributed by atoms with Gasteiger partial charge in [0.05, 0.1) is 10.9 Å². The normalized spacial score (nSPS) is 11.0. The molecule has 1 aromatic carbocycles. The molecule has 0 atom stereocenters. The van der Waals surface area contributed by atoms with Crippen LogP contribution in [0.4, 0.5) is 4.39 Å².